The van der Waals surface area contributed by atoms with Crippen LogP contribution in [0.15, 0.2) is 36.4 Å². The summed E-state index contributed by atoms with van der Waals surface area (Å²) in [5.74, 6) is 1.23. The van der Waals surface area contributed by atoms with Gasteiger partial charge in [-0.15, -0.1) is 0 Å². The Balaban J connectivity index is 2.39. The number of ether oxygens (including phenoxy) is 2. The highest BCUT2D eigenvalue weighted by Gasteiger charge is 2.13. The predicted molar refractivity (Wildman–Crippen MR) is 87.0 cm³/mol. The van der Waals surface area contributed by atoms with Crippen molar-refractivity contribution in [2.45, 2.75) is 0 Å². The maximum Gasteiger partial charge on any atom is 0.170 e. The molecule has 21 heavy (non-hydrogen) atoms. The molecule has 0 atom stereocenters. The van der Waals surface area contributed by atoms with E-state index in [4.69, 9.17) is 37.9 Å². The molecule has 0 aliphatic carbocycles. The van der Waals surface area contributed by atoms with Gasteiger partial charge < -0.3 is 9.47 Å². The number of hydrogen-bond acceptors (Lipinski definition) is 3. The van der Waals surface area contributed by atoms with Gasteiger partial charge in [-0.05, 0) is 24.3 Å². The normalized spacial score (nSPS) is 10.0. The van der Waals surface area contributed by atoms with Crippen molar-refractivity contribution in [3.05, 3.63) is 52.0 Å². The van der Waals surface area contributed by atoms with Crippen LogP contribution in [0.25, 0.3) is 0 Å². The summed E-state index contributed by atoms with van der Waals surface area (Å²) < 4.78 is 11.3. The molecule has 108 valence electrons. The highest BCUT2D eigenvalue weighted by atomic mass is 79.9. The Morgan fingerprint density at radius 2 is 1.95 bits per heavy atom. The van der Waals surface area contributed by atoms with Crippen molar-refractivity contribution in [3.8, 4) is 23.3 Å². The summed E-state index contributed by atoms with van der Waals surface area (Å²) in [5, 5.41) is 10.7. The standard InChI is InChI=1S/C15H10BrCl2NO2/c16-6-7-20-13-5-4-11(17)8-14(13)21-15-10(9-19)2-1-3-12(15)18/h1-5,8H,6-7H2. The van der Waals surface area contributed by atoms with Gasteiger partial charge in [0.1, 0.15) is 6.07 Å². The second-order valence-corrected chi connectivity index (χ2v) is 5.60. The van der Waals surface area contributed by atoms with Gasteiger partial charge in [-0.1, -0.05) is 45.2 Å². The largest absolute Gasteiger partial charge is 0.489 e. The molecule has 0 saturated carbocycles. The Morgan fingerprint density at radius 1 is 1.14 bits per heavy atom. The molecule has 2 rings (SSSR count). The Bertz CT molecular complexity index is 686. The van der Waals surface area contributed by atoms with Crippen LogP contribution >= 0.6 is 39.1 Å². The third-order valence-electron chi connectivity index (χ3n) is 2.54. The van der Waals surface area contributed by atoms with Gasteiger partial charge in [-0.3, -0.25) is 0 Å². The second kappa shape index (κ2) is 7.56. The van der Waals surface area contributed by atoms with Crippen LogP contribution in [0, 0.1) is 11.3 Å². The van der Waals surface area contributed by atoms with Gasteiger partial charge in [0.05, 0.1) is 17.2 Å². The van der Waals surface area contributed by atoms with Crippen molar-refractivity contribution in [1.29, 1.82) is 5.26 Å². The number of benzene rings is 2. The van der Waals surface area contributed by atoms with Gasteiger partial charge in [0.15, 0.2) is 17.2 Å². The first-order valence-corrected chi connectivity index (χ1v) is 7.88. The molecule has 0 fully saturated rings. The quantitative estimate of drug-likeness (QED) is 0.643. The van der Waals surface area contributed by atoms with Crippen LogP contribution in [0.4, 0.5) is 0 Å². The topological polar surface area (TPSA) is 42.2 Å². The number of halogens is 3. The number of alkyl halides is 1. The highest BCUT2D eigenvalue weighted by Crippen LogP contribution is 2.38. The maximum absolute atomic E-state index is 9.13. The van der Waals surface area contributed by atoms with E-state index in [-0.39, 0.29) is 5.75 Å². The molecule has 0 saturated heterocycles. The Labute approximate surface area is 141 Å². The SMILES string of the molecule is N#Cc1cccc(Cl)c1Oc1cc(Cl)ccc1OCCBr. The van der Waals surface area contributed by atoms with Crippen molar-refractivity contribution < 1.29 is 9.47 Å². The lowest BCUT2D eigenvalue weighted by Crippen LogP contribution is -2.00. The van der Waals surface area contributed by atoms with E-state index in [0.717, 1.165) is 0 Å². The van der Waals surface area contributed by atoms with Gasteiger partial charge >= 0.3 is 0 Å². The summed E-state index contributed by atoms with van der Waals surface area (Å²) in [6.45, 7) is 0.478. The summed E-state index contributed by atoms with van der Waals surface area (Å²) in [6, 6.07) is 12.1. The Morgan fingerprint density at radius 3 is 2.67 bits per heavy atom. The first-order valence-electron chi connectivity index (χ1n) is 6.00. The molecule has 2 aromatic carbocycles. The third-order valence-corrected chi connectivity index (χ3v) is 3.40. The van der Waals surface area contributed by atoms with E-state index in [1.165, 1.54) is 0 Å². The van der Waals surface area contributed by atoms with E-state index in [2.05, 4.69) is 15.9 Å². The van der Waals surface area contributed by atoms with E-state index in [9.17, 15) is 0 Å². The van der Waals surface area contributed by atoms with E-state index in [1.807, 2.05) is 6.07 Å². The van der Waals surface area contributed by atoms with Gasteiger partial charge in [-0.25, -0.2) is 0 Å². The minimum absolute atomic E-state index is 0.285. The maximum atomic E-state index is 9.13. The second-order valence-electron chi connectivity index (χ2n) is 3.96. The molecule has 0 bridgehead atoms. The molecule has 0 radical (unpaired) electrons. The van der Waals surface area contributed by atoms with Crippen molar-refractivity contribution in [2.75, 3.05) is 11.9 Å². The van der Waals surface area contributed by atoms with Gasteiger partial charge in [0.2, 0.25) is 0 Å². The molecule has 6 heteroatoms. The highest BCUT2D eigenvalue weighted by molar-refractivity contribution is 9.09. The minimum Gasteiger partial charge on any atom is -0.489 e. The smallest absolute Gasteiger partial charge is 0.170 e. The zero-order chi connectivity index (χ0) is 15.2. The molecule has 2 aromatic rings. The van der Waals surface area contributed by atoms with Crippen molar-refractivity contribution in [1.82, 2.24) is 0 Å². The minimum atomic E-state index is 0.285. The zero-order valence-corrected chi connectivity index (χ0v) is 13.9. The third kappa shape index (κ3) is 4.04. The lowest BCUT2D eigenvalue weighted by Gasteiger charge is -2.14. The molecule has 0 aliphatic heterocycles. The summed E-state index contributed by atoms with van der Waals surface area (Å²) in [7, 11) is 0. The molecule has 0 N–H and O–H groups in total. The number of rotatable bonds is 5. The van der Waals surface area contributed by atoms with Crippen molar-refractivity contribution in [3.63, 3.8) is 0 Å². The van der Waals surface area contributed by atoms with E-state index >= 15 is 0 Å². The monoisotopic (exact) mass is 385 g/mol. The first kappa shape index (κ1) is 16.0. The number of para-hydroxylation sites is 1. The fourth-order valence-corrected chi connectivity index (χ4v) is 2.18. The Kier molecular flexibility index (Phi) is 5.75. The molecular formula is C15H10BrCl2NO2. The van der Waals surface area contributed by atoms with Gasteiger partial charge in [0.25, 0.3) is 0 Å². The van der Waals surface area contributed by atoms with Crippen LogP contribution < -0.4 is 9.47 Å². The lowest BCUT2D eigenvalue weighted by molar-refractivity contribution is 0.325. The van der Waals surface area contributed by atoms with E-state index in [1.54, 1.807) is 36.4 Å². The van der Waals surface area contributed by atoms with E-state index in [0.29, 0.717) is 39.0 Å². The molecular weight excluding hydrogens is 377 g/mol. The average molecular weight is 387 g/mol. The van der Waals surface area contributed by atoms with E-state index < -0.39 is 0 Å². The average Bonchev–Trinajstić information content (AvgIpc) is 2.48. The fourth-order valence-electron chi connectivity index (χ4n) is 1.64. The van der Waals surface area contributed by atoms with Crippen LogP contribution in [0.1, 0.15) is 5.56 Å². The first-order chi connectivity index (χ1) is 10.2. The molecule has 0 aliphatic rings. The van der Waals surface area contributed by atoms with Crippen LogP contribution in [0.3, 0.4) is 0 Å². The number of hydrogen-bond donors (Lipinski definition) is 0. The molecule has 0 heterocycles. The molecule has 3 nitrogen and oxygen atoms in total. The number of nitrogens with zero attached hydrogens (tertiary/aromatic N) is 1. The molecule has 0 amide bonds. The molecule has 0 aromatic heterocycles. The van der Waals surface area contributed by atoms with Gasteiger partial charge in [0, 0.05) is 16.4 Å². The zero-order valence-electron chi connectivity index (χ0n) is 10.8. The van der Waals surface area contributed by atoms with Crippen LogP contribution in [0.5, 0.6) is 17.2 Å². The number of nitriles is 1. The van der Waals surface area contributed by atoms with Crippen molar-refractivity contribution in [2.24, 2.45) is 0 Å². The van der Waals surface area contributed by atoms with Crippen LogP contribution in [0.2, 0.25) is 10.0 Å². The predicted octanol–water partition coefficient (Wildman–Crippen LogP) is 5.43. The van der Waals surface area contributed by atoms with Crippen molar-refractivity contribution >= 4 is 39.1 Å². The molecule has 0 unspecified atom stereocenters. The summed E-state index contributed by atoms with van der Waals surface area (Å²) in [5.41, 5.74) is 0.342. The Hall–Kier alpha value is -1.41. The van der Waals surface area contributed by atoms with Crippen LogP contribution in [-0.4, -0.2) is 11.9 Å². The lowest BCUT2D eigenvalue weighted by atomic mass is 10.2. The molecule has 0 spiro atoms. The summed E-state index contributed by atoms with van der Waals surface area (Å²) >= 11 is 15.4. The van der Waals surface area contributed by atoms with Crippen LogP contribution in [-0.2, 0) is 0 Å². The summed E-state index contributed by atoms with van der Waals surface area (Å²) in [6.07, 6.45) is 0. The summed E-state index contributed by atoms with van der Waals surface area (Å²) in [4.78, 5) is 0. The fraction of sp³-hybridized carbons (Fsp3) is 0.133. The van der Waals surface area contributed by atoms with Gasteiger partial charge in [-0.2, -0.15) is 5.26 Å².